The molecule has 0 atom stereocenters. The molecule has 2 aromatic heterocycles. The van der Waals surface area contributed by atoms with Crippen molar-refractivity contribution in [3.63, 3.8) is 0 Å². The van der Waals surface area contributed by atoms with Crippen LogP contribution in [0.2, 0.25) is 0 Å². The monoisotopic (exact) mass is 437 g/mol. The van der Waals surface area contributed by atoms with Gasteiger partial charge in [-0.15, -0.1) is 0 Å². The second-order valence-corrected chi connectivity index (χ2v) is 8.36. The number of nitrogens with zero attached hydrogens (tertiary/aromatic N) is 4. The first-order valence-corrected chi connectivity index (χ1v) is 10.9. The molecular formula is C24H25F2N5O. The Morgan fingerprint density at radius 2 is 1.84 bits per heavy atom. The molecule has 0 saturated carbocycles. The summed E-state index contributed by atoms with van der Waals surface area (Å²) in [7, 11) is 1.80. The minimum Gasteiger partial charge on any atom is -0.339 e. The molecular weight excluding hydrogens is 412 g/mol. The number of hydrogen-bond acceptors (Lipinski definition) is 4. The van der Waals surface area contributed by atoms with Gasteiger partial charge in [0.25, 0.3) is 5.56 Å². The van der Waals surface area contributed by atoms with Crippen LogP contribution in [-0.4, -0.2) is 45.4 Å². The summed E-state index contributed by atoms with van der Waals surface area (Å²) in [5, 5.41) is 8.86. The van der Waals surface area contributed by atoms with Gasteiger partial charge in [0.2, 0.25) is 0 Å². The Labute approximate surface area is 184 Å². The Morgan fingerprint density at radius 3 is 2.69 bits per heavy atom. The van der Waals surface area contributed by atoms with Crippen LogP contribution in [0.1, 0.15) is 17.5 Å². The van der Waals surface area contributed by atoms with Crippen LogP contribution in [0.5, 0.6) is 0 Å². The maximum atomic E-state index is 15.0. The number of hydrogen-bond donors (Lipinski definition) is 1. The fraction of sp³-hybridized carbons (Fsp3) is 0.333. The number of fused-ring (bicyclic) bond motifs is 3. The average Bonchev–Trinajstić information content (AvgIpc) is 2.93. The normalized spacial score (nSPS) is 15.5. The van der Waals surface area contributed by atoms with E-state index in [1.54, 1.807) is 36.0 Å². The van der Waals surface area contributed by atoms with E-state index in [4.69, 9.17) is 0 Å². The van der Waals surface area contributed by atoms with E-state index in [1.165, 1.54) is 16.8 Å². The lowest BCUT2D eigenvalue weighted by Gasteiger charge is -2.20. The summed E-state index contributed by atoms with van der Waals surface area (Å²) < 4.78 is 32.1. The van der Waals surface area contributed by atoms with Gasteiger partial charge in [-0.25, -0.2) is 13.5 Å². The fourth-order valence-electron chi connectivity index (χ4n) is 4.54. The third-order valence-corrected chi connectivity index (χ3v) is 6.27. The number of rotatable bonds is 4. The molecule has 8 heteroatoms. The molecule has 5 rings (SSSR count). The zero-order valence-electron chi connectivity index (χ0n) is 17.9. The minimum atomic E-state index is -0.381. The lowest BCUT2D eigenvalue weighted by molar-refractivity contribution is 0.280. The fourth-order valence-corrected chi connectivity index (χ4v) is 4.54. The Hall–Kier alpha value is -3.10. The van der Waals surface area contributed by atoms with Gasteiger partial charge < -0.3 is 9.88 Å². The van der Waals surface area contributed by atoms with E-state index >= 15 is 4.39 Å². The molecule has 0 spiro atoms. The number of benzene rings is 2. The molecule has 1 N–H and O–H groups in total. The molecule has 1 aliphatic heterocycles. The Balaban J connectivity index is 1.57. The highest BCUT2D eigenvalue weighted by atomic mass is 19.1. The van der Waals surface area contributed by atoms with Crippen LogP contribution in [0.4, 0.5) is 8.78 Å². The molecule has 0 bridgehead atoms. The molecule has 4 aromatic rings. The van der Waals surface area contributed by atoms with E-state index in [9.17, 15) is 9.18 Å². The zero-order chi connectivity index (χ0) is 22.2. The molecule has 0 radical (unpaired) electrons. The van der Waals surface area contributed by atoms with E-state index < -0.39 is 0 Å². The molecule has 1 aliphatic rings. The van der Waals surface area contributed by atoms with E-state index in [2.05, 4.69) is 15.3 Å². The Morgan fingerprint density at radius 1 is 1.00 bits per heavy atom. The van der Waals surface area contributed by atoms with Crippen LogP contribution in [0.3, 0.4) is 0 Å². The van der Waals surface area contributed by atoms with Gasteiger partial charge >= 0.3 is 0 Å². The molecule has 0 unspecified atom stereocenters. The average molecular weight is 437 g/mol. The van der Waals surface area contributed by atoms with Gasteiger partial charge in [0, 0.05) is 54.1 Å². The summed E-state index contributed by atoms with van der Waals surface area (Å²) in [4.78, 5) is 15.5. The smallest absolute Gasteiger partial charge is 0.291 e. The number of halogens is 2. The summed E-state index contributed by atoms with van der Waals surface area (Å²) in [6.45, 7) is 4.23. The van der Waals surface area contributed by atoms with Crippen molar-refractivity contribution in [2.75, 3.05) is 26.2 Å². The molecule has 32 heavy (non-hydrogen) atoms. The predicted octanol–water partition coefficient (Wildman–Crippen LogP) is 3.01. The molecule has 2 aromatic carbocycles. The van der Waals surface area contributed by atoms with Crippen molar-refractivity contribution in [3.8, 4) is 0 Å². The SMILES string of the molecule is Cn1c2cc(CN3CCCNCC3)c(F)cc2c2cnn(Cc3ccccc3F)c(=O)c21. The maximum Gasteiger partial charge on any atom is 0.291 e. The summed E-state index contributed by atoms with van der Waals surface area (Å²) in [6, 6.07) is 9.67. The first-order valence-electron chi connectivity index (χ1n) is 10.9. The van der Waals surface area contributed by atoms with Gasteiger partial charge in [-0.2, -0.15) is 5.10 Å². The van der Waals surface area contributed by atoms with Gasteiger partial charge in [0.05, 0.1) is 12.7 Å². The van der Waals surface area contributed by atoms with Crippen molar-refractivity contribution in [3.05, 3.63) is 75.7 Å². The Bertz CT molecular complexity index is 1350. The lowest BCUT2D eigenvalue weighted by Crippen LogP contribution is -2.28. The van der Waals surface area contributed by atoms with Crippen molar-refractivity contribution < 1.29 is 8.78 Å². The lowest BCUT2D eigenvalue weighted by atomic mass is 10.1. The standard InChI is InChI=1S/C24H25F2N5O/c1-29-22-11-17(14-30-9-4-7-27-8-10-30)21(26)12-18(22)19-13-28-31(24(32)23(19)29)15-16-5-2-3-6-20(16)25/h2-3,5-6,11-13,27H,4,7-10,14-15H2,1H3. The topological polar surface area (TPSA) is 55.1 Å². The summed E-state index contributed by atoms with van der Waals surface area (Å²) >= 11 is 0. The molecule has 1 fully saturated rings. The first kappa shape index (κ1) is 20.8. The molecule has 3 heterocycles. The van der Waals surface area contributed by atoms with E-state index in [0.29, 0.717) is 34.0 Å². The summed E-state index contributed by atoms with van der Waals surface area (Å²) in [5.41, 5.74) is 1.89. The highest BCUT2D eigenvalue weighted by Crippen LogP contribution is 2.28. The van der Waals surface area contributed by atoms with Gasteiger partial charge in [-0.05, 0) is 37.7 Å². The first-order chi connectivity index (χ1) is 15.5. The molecule has 6 nitrogen and oxygen atoms in total. The van der Waals surface area contributed by atoms with Crippen LogP contribution in [0.25, 0.3) is 21.8 Å². The van der Waals surface area contributed by atoms with Crippen LogP contribution in [0, 0.1) is 11.6 Å². The van der Waals surface area contributed by atoms with Crippen molar-refractivity contribution >= 4 is 21.8 Å². The highest BCUT2D eigenvalue weighted by molar-refractivity contribution is 6.07. The minimum absolute atomic E-state index is 0.0333. The highest BCUT2D eigenvalue weighted by Gasteiger charge is 2.19. The van der Waals surface area contributed by atoms with Gasteiger partial charge in [0.1, 0.15) is 17.2 Å². The second kappa shape index (κ2) is 8.44. The van der Waals surface area contributed by atoms with Crippen LogP contribution >= 0.6 is 0 Å². The van der Waals surface area contributed by atoms with Crippen molar-refractivity contribution in [2.24, 2.45) is 7.05 Å². The maximum absolute atomic E-state index is 15.0. The number of nitrogens with one attached hydrogen (secondary N) is 1. The number of aromatic nitrogens is 3. The second-order valence-electron chi connectivity index (χ2n) is 8.36. The van der Waals surface area contributed by atoms with E-state index in [-0.39, 0.29) is 23.7 Å². The third-order valence-electron chi connectivity index (χ3n) is 6.27. The third kappa shape index (κ3) is 3.69. The van der Waals surface area contributed by atoms with Gasteiger partial charge in [-0.3, -0.25) is 9.69 Å². The van der Waals surface area contributed by atoms with E-state index in [1.807, 2.05) is 6.07 Å². The summed E-state index contributed by atoms with van der Waals surface area (Å²) in [5.74, 6) is -0.661. The van der Waals surface area contributed by atoms with Crippen molar-refractivity contribution in [1.82, 2.24) is 24.6 Å². The molecule has 1 saturated heterocycles. The predicted molar refractivity (Wildman–Crippen MR) is 121 cm³/mol. The van der Waals surface area contributed by atoms with Crippen LogP contribution in [-0.2, 0) is 20.1 Å². The molecule has 0 aliphatic carbocycles. The molecule has 0 amide bonds. The Kier molecular flexibility index (Phi) is 5.48. The van der Waals surface area contributed by atoms with Crippen LogP contribution < -0.4 is 10.9 Å². The number of aryl methyl sites for hydroxylation is 1. The quantitative estimate of drug-likeness (QED) is 0.533. The zero-order valence-corrected chi connectivity index (χ0v) is 17.9. The van der Waals surface area contributed by atoms with Crippen molar-refractivity contribution in [2.45, 2.75) is 19.5 Å². The van der Waals surface area contributed by atoms with Gasteiger partial charge in [0.15, 0.2) is 0 Å². The van der Waals surface area contributed by atoms with Gasteiger partial charge in [-0.1, -0.05) is 18.2 Å². The summed E-state index contributed by atoms with van der Waals surface area (Å²) in [6.07, 6.45) is 2.60. The van der Waals surface area contributed by atoms with E-state index in [0.717, 1.165) is 38.1 Å². The van der Waals surface area contributed by atoms with Crippen molar-refractivity contribution in [1.29, 1.82) is 0 Å². The molecule has 166 valence electrons. The van der Waals surface area contributed by atoms with Crippen LogP contribution in [0.15, 0.2) is 47.4 Å². The largest absolute Gasteiger partial charge is 0.339 e.